The van der Waals surface area contributed by atoms with Gasteiger partial charge in [0.2, 0.25) is 0 Å². The summed E-state index contributed by atoms with van der Waals surface area (Å²) in [6.07, 6.45) is 1.73. The Morgan fingerprint density at radius 1 is 1.10 bits per heavy atom. The zero-order valence-corrected chi connectivity index (χ0v) is 18.0. The van der Waals surface area contributed by atoms with E-state index in [4.69, 9.17) is 16.3 Å². The number of hydrogen-bond acceptors (Lipinski definition) is 3. The number of halogens is 1. The van der Waals surface area contributed by atoms with Crippen molar-refractivity contribution >= 4 is 35.2 Å². The molecule has 150 valence electrons. The van der Waals surface area contributed by atoms with Gasteiger partial charge in [-0.05, 0) is 54.7 Å². The molecule has 1 aliphatic rings. The van der Waals surface area contributed by atoms with E-state index >= 15 is 0 Å². The van der Waals surface area contributed by atoms with E-state index in [0.29, 0.717) is 27.9 Å². The molecule has 0 aliphatic carbocycles. The van der Waals surface area contributed by atoms with Crippen LogP contribution in [0.3, 0.4) is 0 Å². The summed E-state index contributed by atoms with van der Waals surface area (Å²) in [6.45, 7) is 7.88. The van der Waals surface area contributed by atoms with E-state index in [1.54, 1.807) is 19.1 Å². The van der Waals surface area contributed by atoms with Crippen LogP contribution in [0.1, 0.15) is 43.4 Å². The molecule has 5 heteroatoms. The maximum Gasteiger partial charge on any atom is 0.340 e. The first-order chi connectivity index (χ1) is 13.7. The molecular formula is C24H24ClNO3. The predicted molar refractivity (Wildman–Crippen MR) is 117 cm³/mol. The Morgan fingerprint density at radius 2 is 1.76 bits per heavy atom. The Balaban J connectivity index is 2.09. The fraction of sp³-hybridized carbons (Fsp3) is 0.250. The number of anilines is 1. The van der Waals surface area contributed by atoms with Gasteiger partial charge >= 0.3 is 5.97 Å². The summed E-state index contributed by atoms with van der Waals surface area (Å²) < 4.78 is 4.96. The lowest BCUT2D eigenvalue weighted by atomic mass is 9.99. The van der Waals surface area contributed by atoms with Gasteiger partial charge in [0.1, 0.15) is 0 Å². The Hall–Kier alpha value is -2.85. The van der Waals surface area contributed by atoms with E-state index in [-0.39, 0.29) is 11.5 Å². The highest BCUT2D eigenvalue weighted by molar-refractivity contribution is 6.32. The SMILES string of the molecule is COC(=O)C1=C(C)N(c2ccc(C)c(Cl)c2)C(=O)/C1=C\c1ccc(C(C)C)cc1. The molecule has 0 N–H and O–H groups in total. The molecule has 0 saturated heterocycles. The van der Waals surface area contributed by atoms with Crippen LogP contribution in [0.25, 0.3) is 6.08 Å². The van der Waals surface area contributed by atoms with Gasteiger partial charge in [-0.15, -0.1) is 0 Å². The molecule has 2 aromatic rings. The van der Waals surface area contributed by atoms with Crippen LogP contribution in [0.5, 0.6) is 0 Å². The maximum absolute atomic E-state index is 13.3. The van der Waals surface area contributed by atoms with Gasteiger partial charge in [0.25, 0.3) is 5.91 Å². The number of carbonyl (C=O) groups excluding carboxylic acids is 2. The number of nitrogens with zero attached hydrogens (tertiary/aromatic N) is 1. The zero-order valence-electron chi connectivity index (χ0n) is 17.2. The molecule has 29 heavy (non-hydrogen) atoms. The van der Waals surface area contributed by atoms with Gasteiger partial charge in [-0.3, -0.25) is 9.69 Å². The predicted octanol–water partition coefficient (Wildman–Crippen LogP) is 5.65. The molecule has 0 aromatic heterocycles. The smallest absolute Gasteiger partial charge is 0.340 e. The number of esters is 1. The van der Waals surface area contributed by atoms with Crippen LogP contribution < -0.4 is 4.90 Å². The molecule has 1 heterocycles. The van der Waals surface area contributed by atoms with Crippen LogP contribution in [-0.4, -0.2) is 19.0 Å². The molecule has 0 atom stereocenters. The van der Waals surface area contributed by atoms with E-state index in [2.05, 4.69) is 13.8 Å². The Kier molecular flexibility index (Phi) is 5.94. The molecule has 2 aromatic carbocycles. The maximum atomic E-state index is 13.3. The van der Waals surface area contributed by atoms with E-state index in [0.717, 1.165) is 11.1 Å². The second kappa shape index (κ2) is 8.26. The first-order valence-corrected chi connectivity index (χ1v) is 9.84. The minimum atomic E-state index is -0.540. The topological polar surface area (TPSA) is 46.6 Å². The Morgan fingerprint density at radius 3 is 2.31 bits per heavy atom. The quantitative estimate of drug-likeness (QED) is 0.484. The second-order valence-electron chi connectivity index (χ2n) is 7.41. The van der Waals surface area contributed by atoms with Crippen molar-refractivity contribution in [2.45, 2.75) is 33.6 Å². The van der Waals surface area contributed by atoms with Crippen molar-refractivity contribution < 1.29 is 14.3 Å². The third-order valence-electron chi connectivity index (χ3n) is 5.12. The van der Waals surface area contributed by atoms with Crippen molar-refractivity contribution in [1.29, 1.82) is 0 Å². The average molecular weight is 410 g/mol. The summed E-state index contributed by atoms with van der Waals surface area (Å²) in [4.78, 5) is 27.3. The molecule has 0 spiro atoms. The van der Waals surface area contributed by atoms with Crippen molar-refractivity contribution in [3.63, 3.8) is 0 Å². The zero-order chi connectivity index (χ0) is 21.3. The first kappa shape index (κ1) is 20.9. The average Bonchev–Trinajstić information content (AvgIpc) is 2.94. The lowest BCUT2D eigenvalue weighted by Crippen LogP contribution is -2.24. The largest absolute Gasteiger partial charge is 0.465 e. The number of benzene rings is 2. The molecule has 0 saturated carbocycles. The molecule has 0 unspecified atom stereocenters. The molecular weight excluding hydrogens is 386 g/mol. The van der Waals surface area contributed by atoms with Crippen LogP contribution in [0.4, 0.5) is 5.69 Å². The Bertz CT molecular complexity index is 1030. The van der Waals surface area contributed by atoms with Gasteiger partial charge in [-0.2, -0.15) is 0 Å². The molecule has 0 bridgehead atoms. The van der Waals surface area contributed by atoms with Crippen molar-refractivity contribution in [1.82, 2.24) is 0 Å². The van der Waals surface area contributed by atoms with Crippen molar-refractivity contribution in [2.75, 3.05) is 12.0 Å². The van der Waals surface area contributed by atoms with E-state index in [1.165, 1.54) is 17.6 Å². The number of methoxy groups -OCH3 is 1. The van der Waals surface area contributed by atoms with Gasteiger partial charge in [-0.25, -0.2) is 4.79 Å². The van der Waals surface area contributed by atoms with Gasteiger partial charge in [0.15, 0.2) is 0 Å². The van der Waals surface area contributed by atoms with Gasteiger partial charge in [0.05, 0.1) is 23.9 Å². The summed E-state index contributed by atoms with van der Waals surface area (Å²) in [5, 5.41) is 0.560. The van der Waals surface area contributed by atoms with E-state index < -0.39 is 5.97 Å². The van der Waals surface area contributed by atoms with Crippen LogP contribution in [0.2, 0.25) is 5.02 Å². The number of aryl methyl sites for hydroxylation is 1. The highest BCUT2D eigenvalue weighted by atomic mass is 35.5. The monoisotopic (exact) mass is 409 g/mol. The summed E-state index contributed by atoms with van der Waals surface area (Å²) in [5.74, 6) is -0.406. The van der Waals surface area contributed by atoms with Crippen molar-refractivity contribution in [3.8, 4) is 0 Å². The molecule has 1 aliphatic heterocycles. The van der Waals surface area contributed by atoms with Crippen molar-refractivity contribution in [2.24, 2.45) is 0 Å². The molecule has 3 rings (SSSR count). The Labute approximate surface area is 176 Å². The van der Waals surface area contributed by atoms with E-state index in [1.807, 2.05) is 43.3 Å². The lowest BCUT2D eigenvalue weighted by molar-refractivity contribution is -0.136. The highest BCUT2D eigenvalue weighted by Gasteiger charge is 2.38. The van der Waals surface area contributed by atoms with Crippen LogP contribution >= 0.6 is 11.6 Å². The van der Waals surface area contributed by atoms with Gasteiger partial charge in [-0.1, -0.05) is 55.8 Å². The van der Waals surface area contributed by atoms with Crippen LogP contribution in [0.15, 0.2) is 59.3 Å². The number of carbonyl (C=O) groups is 2. The number of hydrogen-bond donors (Lipinski definition) is 0. The normalized spacial score (nSPS) is 15.6. The third kappa shape index (κ3) is 3.99. The minimum Gasteiger partial charge on any atom is -0.465 e. The lowest BCUT2D eigenvalue weighted by Gasteiger charge is -2.18. The van der Waals surface area contributed by atoms with Crippen molar-refractivity contribution in [3.05, 3.63) is 81.0 Å². The van der Waals surface area contributed by atoms with Gasteiger partial charge < -0.3 is 4.74 Å². The summed E-state index contributed by atoms with van der Waals surface area (Å²) in [6, 6.07) is 13.4. The summed E-state index contributed by atoms with van der Waals surface area (Å²) in [7, 11) is 1.31. The van der Waals surface area contributed by atoms with Crippen LogP contribution in [0, 0.1) is 6.92 Å². The van der Waals surface area contributed by atoms with E-state index in [9.17, 15) is 9.59 Å². The third-order valence-corrected chi connectivity index (χ3v) is 5.52. The molecule has 0 radical (unpaired) electrons. The molecule has 0 fully saturated rings. The first-order valence-electron chi connectivity index (χ1n) is 9.46. The summed E-state index contributed by atoms with van der Waals surface area (Å²) in [5.41, 5.74) is 4.68. The van der Waals surface area contributed by atoms with Gasteiger partial charge in [0, 0.05) is 10.7 Å². The second-order valence-corrected chi connectivity index (χ2v) is 7.81. The summed E-state index contributed by atoms with van der Waals surface area (Å²) >= 11 is 6.26. The van der Waals surface area contributed by atoms with Crippen LogP contribution in [-0.2, 0) is 14.3 Å². The fourth-order valence-electron chi connectivity index (χ4n) is 3.36. The number of ether oxygens (including phenoxy) is 1. The molecule has 1 amide bonds. The minimum absolute atomic E-state index is 0.266. The fourth-order valence-corrected chi connectivity index (χ4v) is 3.53. The number of amides is 1. The highest BCUT2D eigenvalue weighted by Crippen LogP contribution is 2.36. The standard InChI is InChI=1S/C24H24ClNO3/c1-14(2)18-9-7-17(8-10-18)12-20-22(24(28)29-5)16(4)26(23(20)27)19-11-6-15(3)21(25)13-19/h6-14H,1-5H3/b20-12-. The molecule has 4 nitrogen and oxygen atoms in total. The number of allylic oxidation sites excluding steroid dienone is 1. The number of rotatable bonds is 4.